The van der Waals surface area contributed by atoms with Crippen molar-refractivity contribution in [2.75, 3.05) is 17.7 Å². The molecule has 1 heterocycles. The van der Waals surface area contributed by atoms with E-state index in [4.69, 9.17) is 4.74 Å². The number of hydrogen-bond acceptors (Lipinski definition) is 6. The molecule has 0 saturated heterocycles. The minimum Gasteiger partial charge on any atom is -0.462 e. The third kappa shape index (κ3) is 5.08. The average Bonchev–Trinajstić information content (AvgIpc) is 3.38. The molecule has 2 aromatic rings. The van der Waals surface area contributed by atoms with Crippen molar-refractivity contribution < 1.29 is 14.3 Å². The van der Waals surface area contributed by atoms with Gasteiger partial charge in [0.1, 0.15) is 6.33 Å². The molecule has 8 heteroatoms. The van der Waals surface area contributed by atoms with Crippen molar-refractivity contribution >= 4 is 29.3 Å². The number of rotatable bonds is 9. The Labute approximate surface area is 156 Å². The van der Waals surface area contributed by atoms with Crippen LogP contribution in [-0.2, 0) is 9.53 Å². The number of nitrogens with one attached hydrogen (secondary N) is 1. The molecule has 138 valence electrons. The van der Waals surface area contributed by atoms with Crippen molar-refractivity contribution in [3.63, 3.8) is 0 Å². The van der Waals surface area contributed by atoms with Gasteiger partial charge in [-0.25, -0.2) is 4.79 Å². The van der Waals surface area contributed by atoms with E-state index in [2.05, 4.69) is 15.5 Å². The maximum atomic E-state index is 12.1. The number of hydrogen-bond donors (Lipinski definition) is 1. The first-order valence-corrected chi connectivity index (χ1v) is 9.75. The van der Waals surface area contributed by atoms with Crippen LogP contribution in [0.5, 0.6) is 0 Å². The summed E-state index contributed by atoms with van der Waals surface area (Å²) >= 11 is 1.37. The number of benzene rings is 1. The van der Waals surface area contributed by atoms with E-state index in [9.17, 15) is 9.59 Å². The fourth-order valence-corrected chi connectivity index (χ4v) is 3.13. The van der Waals surface area contributed by atoms with Gasteiger partial charge in [0.05, 0.1) is 17.9 Å². The number of carbonyl (C=O) groups excluding carboxylic acids is 2. The summed E-state index contributed by atoms with van der Waals surface area (Å²) < 4.78 is 7.18. The molecule has 1 aliphatic rings. The van der Waals surface area contributed by atoms with Crippen molar-refractivity contribution in [3.05, 3.63) is 36.2 Å². The van der Waals surface area contributed by atoms with Crippen LogP contribution in [0.25, 0.3) is 0 Å². The maximum Gasteiger partial charge on any atom is 0.338 e. The molecule has 0 unspecified atom stereocenters. The lowest BCUT2D eigenvalue weighted by Crippen LogP contribution is -2.15. The smallest absolute Gasteiger partial charge is 0.338 e. The van der Waals surface area contributed by atoms with Gasteiger partial charge < -0.3 is 14.6 Å². The molecule has 7 nitrogen and oxygen atoms in total. The Bertz CT molecular complexity index is 756. The van der Waals surface area contributed by atoms with Gasteiger partial charge in [-0.2, -0.15) is 0 Å². The van der Waals surface area contributed by atoms with Crippen LogP contribution < -0.4 is 5.32 Å². The molecule has 0 spiro atoms. The first kappa shape index (κ1) is 18.4. The standard InChI is InChI=1S/C18H22N4O3S/c1-2-3-10-25-17(24)13-4-6-14(7-5-13)20-16(23)11-26-18-21-19-12-22(18)15-8-9-15/h4-7,12,15H,2-3,8-11H2,1H3,(H,20,23). The molecule has 1 amide bonds. The molecule has 1 saturated carbocycles. The van der Waals surface area contributed by atoms with Gasteiger partial charge in [0, 0.05) is 11.7 Å². The van der Waals surface area contributed by atoms with Gasteiger partial charge in [0.15, 0.2) is 5.16 Å². The Kier molecular flexibility index (Phi) is 6.27. The van der Waals surface area contributed by atoms with Crippen molar-refractivity contribution in [1.29, 1.82) is 0 Å². The zero-order valence-corrected chi connectivity index (χ0v) is 15.5. The van der Waals surface area contributed by atoms with Crippen molar-refractivity contribution in [1.82, 2.24) is 14.8 Å². The second-order valence-corrected chi connectivity index (χ2v) is 7.10. The van der Waals surface area contributed by atoms with Crippen molar-refractivity contribution in [2.24, 2.45) is 0 Å². The number of carbonyl (C=O) groups is 2. The van der Waals surface area contributed by atoms with E-state index in [-0.39, 0.29) is 17.6 Å². The van der Waals surface area contributed by atoms with E-state index in [1.54, 1.807) is 30.6 Å². The normalized spacial score (nSPS) is 13.4. The first-order chi connectivity index (χ1) is 12.7. The van der Waals surface area contributed by atoms with Crippen LogP contribution in [0.4, 0.5) is 5.69 Å². The van der Waals surface area contributed by atoms with Crippen LogP contribution in [0.1, 0.15) is 49.0 Å². The van der Waals surface area contributed by atoms with Gasteiger partial charge in [-0.05, 0) is 43.5 Å². The number of nitrogens with zero attached hydrogens (tertiary/aromatic N) is 3. The predicted molar refractivity (Wildman–Crippen MR) is 99.3 cm³/mol. The van der Waals surface area contributed by atoms with Crippen LogP contribution in [0.15, 0.2) is 35.7 Å². The van der Waals surface area contributed by atoms with Crippen LogP contribution in [0.3, 0.4) is 0 Å². The molecule has 0 radical (unpaired) electrons. The summed E-state index contributed by atoms with van der Waals surface area (Å²) in [6, 6.07) is 7.19. The average molecular weight is 374 g/mol. The summed E-state index contributed by atoms with van der Waals surface area (Å²) in [4.78, 5) is 24.0. The van der Waals surface area contributed by atoms with Gasteiger partial charge in [-0.1, -0.05) is 25.1 Å². The second kappa shape index (κ2) is 8.84. The lowest BCUT2D eigenvalue weighted by atomic mass is 10.2. The summed E-state index contributed by atoms with van der Waals surface area (Å²) in [6.45, 7) is 2.47. The van der Waals surface area contributed by atoms with Gasteiger partial charge in [-0.3, -0.25) is 4.79 Å². The van der Waals surface area contributed by atoms with Crippen LogP contribution >= 0.6 is 11.8 Å². The van der Waals surface area contributed by atoms with E-state index < -0.39 is 0 Å². The Balaban J connectivity index is 1.46. The highest BCUT2D eigenvalue weighted by molar-refractivity contribution is 7.99. The van der Waals surface area contributed by atoms with E-state index in [1.165, 1.54) is 11.8 Å². The zero-order valence-electron chi connectivity index (χ0n) is 14.7. The Morgan fingerprint density at radius 2 is 2.08 bits per heavy atom. The minimum absolute atomic E-state index is 0.126. The number of aromatic nitrogens is 3. The van der Waals surface area contributed by atoms with Gasteiger partial charge in [0.25, 0.3) is 0 Å². The summed E-state index contributed by atoms with van der Waals surface area (Å²) in [5.41, 5.74) is 1.12. The van der Waals surface area contributed by atoms with E-state index >= 15 is 0 Å². The highest BCUT2D eigenvalue weighted by atomic mass is 32.2. The largest absolute Gasteiger partial charge is 0.462 e. The lowest BCUT2D eigenvalue weighted by Gasteiger charge is -2.07. The molecule has 0 atom stereocenters. The lowest BCUT2D eigenvalue weighted by molar-refractivity contribution is -0.113. The van der Waals surface area contributed by atoms with Gasteiger partial charge >= 0.3 is 5.97 Å². The van der Waals surface area contributed by atoms with E-state index in [0.717, 1.165) is 30.8 Å². The number of thioether (sulfide) groups is 1. The zero-order chi connectivity index (χ0) is 18.4. The molecule has 1 N–H and O–H groups in total. The molecule has 26 heavy (non-hydrogen) atoms. The molecule has 1 aromatic carbocycles. The Morgan fingerprint density at radius 1 is 1.31 bits per heavy atom. The minimum atomic E-state index is -0.341. The molecule has 1 fully saturated rings. The molecule has 3 rings (SSSR count). The fourth-order valence-electron chi connectivity index (χ4n) is 2.35. The molecule has 1 aliphatic carbocycles. The summed E-state index contributed by atoms with van der Waals surface area (Å²) in [5, 5.41) is 11.6. The number of esters is 1. The number of anilines is 1. The summed E-state index contributed by atoms with van der Waals surface area (Å²) in [5.74, 6) is -0.211. The fraction of sp³-hybridized carbons (Fsp3) is 0.444. The van der Waals surface area contributed by atoms with Crippen LogP contribution in [0, 0.1) is 0 Å². The third-order valence-electron chi connectivity index (χ3n) is 3.95. The van der Waals surface area contributed by atoms with Crippen LogP contribution in [0.2, 0.25) is 0 Å². The molecule has 1 aromatic heterocycles. The topological polar surface area (TPSA) is 86.1 Å². The number of ether oxygens (including phenoxy) is 1. The van der Waals surface area contributed by atoms with Gasteiger partial charge in [0.2, 0.25) is 5.91 Å². The molecule has 0 bridgehead atoms. The quantitative estimate of drug-likeness (QED) is 0.412. The second-order valence-electron chi connectivity index (χ2n) is 6.16. The van der Waals surface area contributed by atoms with Crippen molar-refractivity contribution in [3.8, 4) is 0 Å². The van der Waals surface area contributed by atoms with Crippen LogP contribution in [-0.4, -0.2) is 39.0 Å². The maximum absolute atomic E-state index is 12.1. The summed E-state index contributed by atoms with van der Waals surface area (Å²) in [6.07, 6.45) is 5.84. The van der Waals surface area contributed by atoms with E-state index in [0.29, 0.717) is 23.9 Å². The highest BCUT2D eigenvalue weighted by Gasteiger charge is 2.26. The SMILES string of the molecule is CCCCOC(=O)c1ccc(NC(=O)CSc2nncn2C2CC2)cc1. The molecular formula is C18H22N4O3S. The Hall–Kier alpha value is -2.35. The first-order valence-electron chi connectivity index (χ1n) is 8.76. The number of amides is 1. The Morgan fingerprint density at radius 3 is 2.77 bits per heavy atom. The molecular weight excluding hydrogens is 352 g/mol. The number of unbranched alkanes of at least 4 members (excludes halogenated alkanes) is 1. The van der Waals surface area contributed by atoms with E-state index in [1.807, 2.05) is 11.5 Å². The van der Waals surface area contributed by atoms with Gasteiger partial charge in [-0.15, -0.1) is 10.2 Å². The third-order valence-corrected chi connectivity index (χ3v) is 4.91. The molecule has 0 aliphatic heterocycles. The predicted octanol–water partition coefficient (Wildman–Crippen LogP) is 3.30. The monoisotopic (exact) mass is 374 g/mol. The van der Waals surface area contributed by atoms with Crippen molar-refractivity contribution in [2.45, 2.75) is 43.8 Å². The summed E-state index contributed by atoms with van der Waals surface area (Å²) in [7, 11) is 0. The highest BCUT2D eigenvalue weighted by Crippen LogP contribution is 2.37.